The van der Waals surface area contributed by atoms with Gasteiger partial charge in [-0.15, -0.1) is 0 Å². The number of amides is 1. The molecule has 2 saturated heterocycles. The highest BCUT2D eigenvalue weighted by atomic mass is 32.2. The molecule has 0 spiro atoms. The third-order valence-corrected chi connectivity index (χ3v) is 7.97. The molecular weight excluding hydrogens is 370 g/mol. The van der Waals surface area contributed by atoms with Gasteiger partial charge < -0.3 is 16.6 Å². The third kappa shape index (κ3) is 5.09. The van der Waals surface area contributed by atoms with E-state index >= 15 is 0 Å². The zero-order chi connectivity index (χ0) is 20.3. The lowest BCUT2D eigenvalue weighted by Crippen LogP contribution is -2.55. The Morgan fingerprint density at radius 2 is 2.04 bits per heavy atom. The van der Waals surface area contributed by atoms with E-state index in [0.29, 0.717) is 30.6 Å². The lowest BCUT2D eigenvalue weighted by atomic mass is 9.80. The number of primary amides is 1. The molecular formula is C22H35N3O2S. The van der Waals surface area contributed by atoms with Crippen LogP contribution in [-0.4, -0.2) is 58.2 Å². The van der Waals surface area contributed by atoms with Crippen LogP contribution in [0, 0.1) is 11.3 Å². The third-order valence-electron chi connectivity index (χ3n) is 6.48. The number of nitrogens with two attached hydrogens (primary N) is 2. The minimum atomic E-state index is -0.575. The van der Waals surface area contributed by atoms with Crippen molar-refractivity contribution in [1.29, 1.82) is 0 Å². The Bertz CT molecular complexity index is 654. The normalized spacial score (nSPS) is 27.9. The van der Waals surface area contributed by atoms with Crippen molar-refractivity contribution in [1.82, 2.24) is 4.90 Å². The molecule has 0 bridgehead atoms. The Morgan fingerprint density at radius 1 is 1.32 bits per heavy atom. The summed E-state index contributed by atoms with van der Waals surface area (Å²) in [7, 11) is 0. The molecule has 1 aromatic rings. The Balaban J connectivity index is 1.69. The molecule has 3 rings (SSSR count). The van der Waals surface area contributed by atoms with Gasteiger partial charge in [-0.2, -0.15) is 11.8 Å². The van der Waals surface area contributed by atoms with E-state index < -0.39 is 11.5 Å². The van der Waals surface area contributed by atoms with Crippen LogP contribution in [0.15, 0.2) is 30.3 Å². The summed E-state index contributed by atoms with van der Waals surface area (Å²) >= 11 is 2.06. The van der Waals surface area contributed by atoms with Gasteiger partial charge in [0.2, 0.25) is 5.91 Å². The summed E-state index contributed by atoms with van der Waals surface area (Å²) in [6.45, 7) is 5.43. The van der Waals surface area contributed by atoms with Crippen molar-refractivity contribution in [2.24, 2.45) is 22.8 Å². The summed E-state index contributed by atoms with van der Waals surface area (Å²) in [5.41, 5.74) is 12.6. The molecule has 28 heavy (non-hydrogen) atoms. The molecule has 0 radical (unpaired) electrons. The van der Waals surface area contributed by atoms with Crippen molar-refractivity contribution in [3.63, 3.8) is 0 Å². The largest absolute Gasteiger partial charge is 0.391 e. The van der Waals surface area contributed by atoms with E-state index in [1.54, 1.807) is 0 Å². The highest BCUT2D eigenvalue weighted by Crippen LogP contribution is 2.43. The van der Waals surface area contributed by atoms with Crippen LogP contribution < -0.4 is 11.5 Å². The molecule has 5 nitrogen and oxygen atoms in total. The Morgan fingerprint density at radius 3 is 2.71 bits per heavy atom. The van der Waals surface area contributed by atoms with Gasteiger partial charge in [0.25, 0.3) is 0 Å². The van der Waals surface area contributed by atoms with Crippen molar-refractivity contribution in [3.05, 3.63) is 35.9 Å². The van der Waals surface area contributed by atoms with Crippen LogP contribution in [0.2, 0.25) is 0 Å². The summed E-state index contributed by atoms with van der Waals surface area (Å²) in [6, 6.07) is 10.1. The number of fused-ring (bicyclic) bond motifs is 1. The molecule has 156 valence electrons. The van der Waals surface area contributed by atoms with Crippen molar-refractivity contribution >= 4 is 17.7 Å². The number of rotatable bonds is 8. The van der Waals surface area contributed by atoms with E-state index in [1.807, 2.05) is 32.0 Å². The predicted octanol–water partition coefficient (Wildman–Crippen LogP) is 2.01. The number of aliphatic hydroxyl groups is 1. The van der Waals surface area contributed by atoms with E-state index in [1.165, 1.54) is 12.2 Å². The average molecular weight is 406 g/mol. The standard InChI is InChI=1S/C22H35N3O2S/c1-22(2,21(24)27)14-25-10-8-20-16(9-11-28-20)18(25)13-19(26)17(23)12-15-6-4-3-5-7-15/h3-7,16-20,26H,8-14,23H2,1-2H3,(H2,24,27). The highest BCUT2D eigenvalue weighted by molar-refractivity contribution is 8.00. The smallest absolute Gasteiger partial charge is 0.224 e. The van der Waals surface area contributed by atoms with Crippen LogP contribution in [-0.2, 0) is 11.2 Å². The second-order valence-electron chi connectivity index (χ2n) is 9.09. The van der Waals surface area contributed by atoms with Gasteiger partial charge in [0, 0.05) is 23.9 Å². The predicted molar refractivity (Wildman–Crippen MR) is 116 cm³/mol. The monoisotopic (exact) mass is 405 g/mol. The Labute approximate surface area is 173 Å². The summed E-state index contributed by atoms with van der Waals surface area (Å²) < 4.78 is 0. The molecule has 2 heterocycles. The molecule has 2 fully saturated rings. The van der Waals surface area contributed by atoms with Crippen LogP contribution >= 0.6 is 11.8 Å². The summed E-state index contributed by atoms with van der Waals surface area (Å²) in [6.07, 6.45) is 3.09. The van der Waals surface area contributed by atoms with Crippen molar-refractivity contribution in [2.45, 2.75) is 63.0 Å². The number of hydrogen-bond donors (Lipinski definition) is 3. The lowest BCUT2D eigenvalue weighted by molar-refractivity contribution is -0.127. The van der Waals surface area contributed by atoms with Crippen LogP contribution in [0.1, 0.15) is 38.7 Å². The molecule has 2 aliphatic heterocycles. The molecule has 5 N–H and O–H groups in total. The van der Waals surface area contributed by atoms with Crippen LogP contribution in [0.4, 0.5) is 0 Å². The van der Waals surface area contributed by atoms with Gasteiger partial charge in [-0.3, -0.25) is 9.69 Å². The number of nitrogens with zero attached hydrogens (tertiary/aromatic N) is 1. The van der Waals surface area contributed by atoms with Gasteiger partial charge in [0.15, 0.2) is 0 Å². The first-order valence-corrected chi connectivity index (χ1v) is 11.5. The molecule has 0 aliphatic carbocycles. The highest BCUT2D eigenvalue weighted by Gasteiger charge is 2.44. The van der Waals surface area contributed by atoms with E-state index in [2.05, 4.69) is 28.8 Å². The van der Waals surface area contributed by atoms with E-state index in [0.717, 1.165) is 18.5 Å². The molecule has 1 aromatic carbocycles. The summed E-state index contributed by atoms with van der Waals surface area (Å²) in [5, 5.41) is 11.6. The first-order chi connectivity index (χ1) is 13.3. The topological polar surface area (TPSA) is 92.6 Å². The van der Waals surface area contributed by atoms with Gasteiger partial charge >= 0.3 is 0 Å². The molecule has 5 unspecified atom stereocenters. The minimum absolute atomic E-state index is 0.254. The summed E-state index contributed by atoms with van der Waals surface area (Å²) in [5.74, 6) is 1.47. The Kier molecular flexibility index (Phi) is 7.07. The van der Waals surface area contributed by atoms with Crippen LogP contribution in [0.25, 0.3) is 0 Å². The number of aliphatic hydroxyl groups excluding tert-OH is 1. The number of benzene rings is 1. The number of thioether (sulfide) groups is 1. The number of likely N-dealkylation sites (tertiary alicyclic amines) is 1. The van der Waals surface area contributed by atoms with Gasteiger partial charge in [-0.1, -0.05) is 30.3 Å². The second-order valence-corrected chi connectivity index (χ2v) is 10.4. The molecule has 6 heteroatoms. The Hall–Kier alpha value is -1.08. The molecule has 5 atom stereocenters. The lowest BCUT2D eigenvalue weighted by Gasteiger charge is -2.46. The number of carbonyl (C=O) groups is 1. The van der Waals surface area contributed by atoms with Gasteiger partial charge in [-0.05, 0) is 63.3 Å². The number of hydrogen-bond acceptors (Lipinski definition) is 5. The number of piperidine rings is 1. The minimum Gasteiger partial charge on any atom is -0.391 e. The van der Waals surface area contributed by atoms with Crippen LogP contribution in [0.5, 0.6) is 0 Å². The second kappa shape index (κ2) is 9.16. The maximum atomic E-state index is 11.9. The fraction of sp³-hybridized carbons (Fsp3) is 0.682. The van der Waals surface area contributed by atoms with E-state index in [9.17, 15) is 9.90 Å². The van der Waals surface area contributed by atoms with E-state index in [-0.39, 0.29) is 18.0 Å². The zero-order valence-electron chi connectivity index (χ0n) is 17.1. The van der Waals surface area contributed by atoms with Crippen LogP contribution in [0.3, 0.4) is 0 Å². The zero-order valence-corrected chi connectivity index (χ0v) is 17.9. The molecule has 2 aliphatic rings. The maximum absolute atomic E-state index is 11.9. The molecule has 0 aromatic heterocycles. The van der Waals surface area contributed by atoms with Crippen molar-refractivity contribution in [3.8, 4) is 0 Å². The van der Waals surface area contributed by atoms with Gasteiger partial charge in [-0.25, -0.2) is 0 Å². The van der Waals surface area contributed by atoms with Crippen molar-refractivity contribution < 1.29 is 9.90 Å². The summed E-state index contributed by atoms with van der Waals surface area (Å²) in [4.78, 5) is 14.3. The average Bonchev–Trinajstić information content (AvgIpc) is 3.13. The van der Waals surface area contributed by atoms with Gasteiger partial charge in [0.05, 0.1) is 11.5 Å². The van der Waals surface area contributed by atoms with Gasteiger partial charge in [0.1, 0.15) is 0 Å². The molecule has 0 saturated carbocycles. The van der Waals surface area contributed by atoms with Crippen molar-refractivity contribution in [2.75, 3.05) is 18.8 Å². The number of carbonyl (C=O) groups excluding carboxylic acids is 1. The van der Waals surface area contributed by atoms with E-state index in [4.69, 9.17) is 11.5 Å². The fourth-order valence-electron chi connectivity index (χ4n) is 4.68. The first-order valence-electron chi connectivity index (χ1n) is 10.4. The fourth-order valence-corrected chi connectivity index (χ4v) is 6.23. The molecule has 1 amide bonds. The quantitative estimate of drug-likeness (QED) is 0.615. The first kappa shape index (κ1) is 21.6. The SMILES string of the molecule is CC(C)(CN1CCC2SCCC2C1CC(O)C(N)Cc1ccccc1)C(N)=O. The maximum Gasteiger partial charge on any atom is 0.224 e.